The average molecular weight is 245 g/mol. The lowest BCUT2D eigenvalue weighted by atomic mass is 9.86. The maximum absolute atomic E-state index is 4.18. The zero-order valence-electron chi connectivity index (χ0n) is 11.0. The first-order valence-electron chi connectivity index (χ1n) is 7.08. The predicted molar refractivity (Wildman–Crippen MR) is 79.6 cm³/mol. The lowest BCUT2D eigenvalue weighted by Crippen LogP contribution is -2.22. The standard InChI is InChI=1S/C19H17/c1-13-6-9-17-15(12-13)8-11-18-16-5-3-2-4-14(16)7-10-19(17)18/h2-5,7-8,11-13H,1,6,9-10H2. The molecule has 0 saturated carbocycles. The molecule has 2 aliphatic rings. The maximum atomic E-state index is 4.18. The van der Waals surface area contributed by atoms with E-state index in [2.05, 4.69) is 55.5 Å². The Morgan fingerprint density at radius 1 is 0.895 bits per heavy atom. The molecule has 1 radical (unpaired) electrons. The molecule has 0 fully saturated rings. The third-order valence-corrected chi connectivity index (χ3v) is 4.42. The van der Waals surface area contributed by atoms with Crippen molar-refractivity contribution in [1.82, 2.24) is 0 Å². The van der Waals surface area contributed by atoms with Crippen LogP contribution in [0.25, 0.3) is 12.2 Å². The SMILES string of the molecule is [CH2]C1C=c2ccc3c(c2CC1)CC=c1ccccc1=3. The molecule has 0 heteroatoms. The molecule has 0 N–H and O–H groups in total. The Bertz CT molecular complexity index is 856. The van der Waals surface area contributed by atoms with Crippen molar-refractivity contribution in [2.75, 3.05) is 0 Å². The summed E-state index contributed by atoms with van der Waals surface area (Å²) in [5.74, 6) is 0.477. The van der Waals surface area contributed by atoms with Crippen LogP contribution < -0.4 is 10.4 Å². The first-order valence-corrected chi connectivity index (χ1v) is 7.08. The molecular formula is C19H17. The second-order valence-corrected chi connectivity index (χ2v) is 5.62. The summed E-state index contributed by atoms with van der Waals surface area (Å²) in [4.78, 5) is 0. The minimum Gasteiger partial charge on any atom is -0.0738 e. The molecule has 4 rings (SSSR count). The first-order chi connectivity index (χ1) is 9.33. The Morgan fingerprint density at radius 2 is 1.79 bits per heavy atom. The van der Waals surface area contributed by atoms with E-state index in [9.17, 15) is 0 Å². The number of rotatable bonds is 0. The molecule has 0 amide bonds. The van der Waals surface area contributed by atoms with Crippen LogP contribution in [0.2, 0.25) is 0 Å². The van der Waals surface area contributed by atoms with Crippen LogP contribution in [0.3, 0.4) is 0 Å². The highest BCUT2D eigenvalue weighted by atomic mass is 14.2. The molecule has 0 spiro atoms. The van der Waals surface area contributed by atoms with E-state index in [-0.39, 0.29) is 0 Å². The highest BCUT2D eigenvalue weighted by Crippen LogP contribution is 2.19. The van der Waals surface area contributed by atoms with E-state index in [1.165, 1.54) is 33.7 Å². The van der Waals surface area contributed by atoms with Gasteiger partial charge in [-0.05, 0) is 64.1 Å². The molecule has 0 nitrogen and oxygen atoms in total. The minimum absolute atomic E-state index is 0.477. The molecule has 93 valence electrons. The quantitative estimate of drug-likeness (QED) is 0.669. The van der Waals surface area contributed by atoms with Gasteiger partial charge in [-0.1, -0.05) is 48.6 Å². The lowest BCUT2D eigenvalue weighted by molar-refractivity contribution is 0.707. The van der Waals surface area contributed by atoms with Crippen molar-refractivity contribution in [3.8, 4) is 0 Å². The van der Waals surface area contributed by atoms with Crippen LogP contribution in [0.5, 0.6) is 0 Å². The Labute approximate surface area is 113 Å². The van der Waals surface area contributed by atoms with Gasteiger partial charge in [-0.15, -0.1) is 0 Å². The van der Waals surface area contributed by atoms with Crippen LogP contribution in [0.15, 0.2) is 36.4 Å². The summed E-state index contributed by atoms with van der Waals surface area (Å²) in [6.07, 6.45) is 8.14. The highest BCUT2D eigenvalue weighted by Gasteiger charge is 2.13. The van der Waals surface area contributed by atoms with Gasteiger partial charge in [0.15, 0.2) is 0 Å². The number of fused-ring (bicyclic) bond motifs is 4. The van der Waals surface area contributed by atoms with Crippen molar-refractivity contribution in [2.45, 2.75) is 19.3 Å². The van der Waals surface area contributed by atoms with Gasteiger partial charge in [0.1, 0.15) is 0 Å². The van der Waals surface area contributed by atoms with E-state index in [0.717, 1.165) is 6.42 Å². The molecule has 1 unspecified atom stereocenters. The van der Waals surface area contributed by atoms with Crippen LogP contribution in [-0.2, 0) is 12.8 Å². The van der Waals surface area contributed by atoms with Gasteiger partial charge in [0.25, 0.3) is 0 Å². The van der Waals surface area contributed by atoms with Crippen molar-refractivity contribution in [2.24, 2.45) is 5.92 Å². The molecule has 0 heterocycles. The van der Waals surface area contributed by atoms with Crippen molar-refractivity contribution < 1.29 is 0 Å². The lowest BCUT2D eigenvalue weighted by Gasteiger charge is -2.19. The van der Waals surface area contributed by atoms with Gasteiger partial charge in [0.2, 0.25) is 0 Å². The van der Waals surface area contributed by atoms with Crippen molar-refractivity contribution >= 4 is 12.2 Å². The van der Waals surface area contributed by atoms with Gasteiger partial charge in [-0.25, -0.2) is 0 Å². The second kappa shape index (κ2) is 4.09. The summed E-state index contributed by atoms with van der Waals surface area (Å²) in [7, 11) is 0. The summed E-state index contributed by atoms with van der Waals surface area (Å²) in [5.41, 5.74) is 3.10. The van der Waals surface area contributed by atoms with E-state index in [1.807, 2.05) is 0 Å². The highest BCUT2D eigenvalue weighted by molar-refractivity contribution is 5.48. The Hall–Kier alpha value is -1.82. The molecule has 0 aromatic heterocycles. The zero-order valence-corrected chi connectivity index (χ0v) is 11.0. The molecule has 2 aliphatic carbocycles. The van der Waals surface area contributed by atoms with Crippen LogP contribution in [0, 0.1) is 23.3 Å². The Balaban J connectivity index is 2.19. The maximum Gasteiger partial charge on any atom is -0.00791 e. The summed E-state index contributed by atoms with van der Waals surface area (Å²) < 4.78 is 0. The monoisotopic (exact) mass is 245 g/mol. The Morgan fingerprint density at radius 3 is 2.74 bits per heavy atom. The van der Waals surface area contributed by atoms with Crippen LogP contribution in [-0.4, -0.2) is 0 Å². The minimum atomic E-state index is 0.477. The van der Waals surface area contributed by atoms with Gasteiger partial charge >= 0.3 is 0 Å². The smallest absolute Gasteiger partial charge is 0.00791 e. The number of hydrogen-bond donors (Lipinski definition) is 0. The van der Waals surface area contributed by atoms with Crippen molar-refractivity contribution in [3.63, 3.8) is 0 Å². The molecular weight excluding hydrogens is 228 g/mol. The summed E-state index contributed by atoms with van der Waals surface area (Å²) >= 11 is 0. The van der Waals surface area contributed by atoms with E-state index in [4.69, 9.17) is 0 Å². The average Bonchev–Trinajstić information content (AvgIpc) is 2.46. The summed E-state index contributed by atoms with van der Waals surface area (Å²) in [6, 6.07) is 13.3. The van der Waals surface area contributed by atoms with E-state index in [0.29, 0.717) is 5.92 Å². The summed E-state index contributed by atoms with van der Waals surface area (Å²) in [6.45, 7) is 4.18. The van der Waals surface area contributed by atoms with E-state index >= 15 is 0 Å². The topological polar surface area (TPSA) is 0 Å². The molecule has 1 atom stereocenters. The molecule has 0 saturated heterocycles. The second-order valence-electron chi connectivity index (χ2n) is 5.62. The predicted octanol–water partition coefficient (Wildman–Crippen LogP) is 2.49. The first kappa shape index (κ1) is 11.0. The number of benzene rings is 2. The van der Waals surface area contributed by atoms with E-state index in [1.54, 1.807) is 11.1 Å². The molecule has 0 aliphatic heterocycles. The fourth-order valence-electron chi connectivity index (χ4n) is 3.45. The van der Waals surface area contributed by atoms with Crippen molar-refractivity contribution in [1.29, 1.82) is 0 Å². The third-order valence-electron chi connectivity index (χ3n) is 4.42. The Kier molecular flexibility index (Phi) is 2.38. The van der Waals surface area contributed by atoms with Crippen molar-refractivity contribution in [3.05, 3.63) is 75.3 Å². The third kappa shape index (κ3) is 1.67. The largest absolute Gasteiger partial charge is 0.0738 e. The van der Waals surface area contributed by atoms with Crippen LogP contribution in [0.1, 0.15) is 17.5 Å². The molecule has 2 aromatic rings. The van der Waals surface area contributed by atoms with Gasteiger partial charge < -0.3 is 0 Å². The van der Waals surface area contributed by atoms with Gasteiger partial charge in [0.05, 0.1) is 0 Å². The van der Waals surface area contributed by atoms with Crippen LogP contribution in [0.4, 0.5) is 0 Å². The van der Waals surface area contributed by atoms with E-state index < -0.39 is 0 Å². The zero-order chi connectivity index (χ0) is 12.8. The van der Waals surface area contributed by atoms with Gasteiger partial charge in [-0.3, -0.25) is 0 Å². The number of hydrogen-bond acceptors (Lipinski definition) is 0. The molecule has 2 aromatic carbocycles. The van der Waals surface area contributed by atoms with Gasteiger partial charge in [-0.2, -0.15) is 0 Å². The fourth-order valence-corrected chi connectivity index (χ4v) is 3.45. The normalized spacial score (nSPS) is 19.5. The van der Waals surface area contributed by atoms with Gasteiger partial charge in [0, 0.05) is 0 Å². The molecule has 0 bridgehead atoms. The molecule has 19 heavy (non-hydrogen) atoms. The van der Waals surface area contributed by atoms with Crippen LogP contribution >= 0.6 is 0 Å². The summed E-state index contributed by atoms with van der Waals surface area (Å²) in [5, 5.41) is 5.62. The fraction of sp³-hybridized carbons (Fsp3) is 0.211.